The van der Waals surface area contributed by atoms with Gasteiger partial charge < -0.3 is 5.32 Å². The summed E-state index contributed by atoms with van der Waals surface area (Å²) in [5, 5.41) is 3.35. The summed E-state index contributed by atoms with van der Waals surface area (Å²) in [6, 6.07) is 0. The van der Waals surface area contributed by atoms with Gasteiger partial charge in [0.2, 0.25) is 0 Å². The lowest BCUT2D eigenvalue weighted by molar-refractivity contribution is 0.401. The molecular weight excluding hydrogens is 235 g/mol. The molecule has 17 heavy (non-hydrogen) atoms. The molecule has 0 aliphatic heterocycles. The van der Waals surface area contributed by atoms with Crippen LogP contribution in [0.25, 0.3) is 0 Å². The van der Waals surface area contributed by atoms with Crippen LogP contribution in [0.1, 0.15) is 13.8 Å². The molecule has 0 atom stereocenters. The minimum absolute atomic E-state index is 0.829. The molecule has 0 aliphatic rings. The molecule has 7 heteroatoms. The Kier molecular flexibility index (Phi) is 8.20. The highest BCUT2D eigenvalue weighted by molar-refractivity contribution is 7.58. The zero-order valence-electron chi connectivity index (χ0n) is 12.4. The fourth-order valence-corrected chi connectivity index (χ4v) is 4.83. The average molecular weight is 264 g/mol. The Balaban J connectivity index is 5.17. The molecule has 0 saturated heterocycles. The predicted molar refractivity (Wildman–Crippen MR) is 76.7 cm³/mol. The molecule has 0 aromatic rings. The third-order valence-electron chi connectivity index (χ3n) is 2.48. The van der Waals surface area contributed by atoms with Crippen LogP contribution >= 0.6 is 7.51 Å². The van der Waals surface area contributed by atoms with Gasteiger partial charge in [0, 0.05) is 6.54 Å². The first-order chi connectivity index (χ1) is 7.93. The lowest BCUT2D eigenvalue weighted by atomic mass is 10.7. The van der Waals surface area contributed by atoms with E-state index in [1.54, 1.807) is 0 Å². The van der Waals surface area contributed by atoms with Crippen LogP contribution in [0.5, 0.6) is 0 Å². The van der Waals surface area contributed by atoms with Gasteiger partial charge in [0.1, 0.15) is 0 Å². The van der Waals surface area contributed by atoms with E-state index in [0.29, 0.717) is 0 Å². The summed E-state index contributed by atoms with van der Waals surface area (Å²) in [7, 11) is 8.60. The molecule has 0 aromatic heterocycles. The molecule has 0 radical (unpaired) electrons. The SMILES string of the molecule is CCNCN(C)P(=NNCC)(N(C)C)N(C)C. The van der Waals surface area contributed by atoms with E-state index in [9.17, 15) is 0 Å². The zero-order chi connectivity index (χ0) is 13.5. The van der Waals surface area contributed by atoms with E-state index in [2.05, 4.69) is 73.8 Å². The van der Waals surface area contributed by atoms with E-state index in [4.69, 9.17) is 4.85 Å². The first-order valence-corrected chi connectivity index (χ1v) is 7.65. The van der Waals surface area contributed by atoms with Crippen LogP contribution in [0, 0.1) is 0 Å². The summed E-state index contributed by atoms with van der Waals surface area (Å²) in [5.41, 5.74) is 3.13. The van der Waals surface area contributed by atoms with Crippen LogP contribution in [-0.2, 0) is 0 Å². The van der Waals surface area contributed by atoms with Gasteiger partial charge in [0.25, 0.3) is 0 Å². The highest BCUT2D eigenvalue weighted by Gasteiger charge is 2.30. The molecule has 2 N–H and O–H groups in total. The van der Waals surface area contributed by atoms with Gasteiger partial charge in [-0.25, -0.2) is 10.1 Å². The summed E-state index contributed by atoms with van der Waals surface area (Å²) in [5.74, 6) is 0. The lowest BCUT2D eigenvalue weighted by Crippen LogP contribution is -2.38. The summed E-state index contributed by atoms with van der Waals surface area (Å²) >= 11 is 0. The van der Waals surface area contributed by atoms with Crippen molar-refractivity contribution in [1.82, 2.24) is 24.8 Å². The standard InChI is InChI=1S/C10H29N6P/c1-8-11-10-16(7)17(14(3)4,15(5)6)13-12-9-2/h11-12H,8-10H2,1-7H3. The largest absolute Gasteiger partial charge is 0.304 e. The number of nitrogens with zero attached hydrogens (tertiary/aromatic N) is 4. The van der Waals surface area contributed by atoms with Gasteiger partial charge in [0.15, 0.2) is 7.51 Å². The van der Waals surface area contributed by atoms with Gasteiger partial charge in [-0.1, -0.05) is 13.8 Å². The second kappa shape index (κ2) is 8.19. The summed E-state index contributed by atoms with van der Waals surface area (Å²) in [6.45, 7) is 6.81. The molecule has 0 rings (SSSR count). The van der Waals surface area contributed by atoms with Crippen molar-refractivity contribution in [1.29, 1.82) is 0 Å². The molecule has 0 spiro atoms. The maximum Gasteiger partial charge on any atom is 0.185 e. The predicted octanol–water partition coefficient (Wildman–Crippen LogP) is 1.08. The summed E-state index contributed by atoms with van der Waals surface area (Å²) in [6.07, 6.45) is 0. The maximum absolute atomic E-state index is 4.72. The van der Waals surface area contributed by atoms with Crippen LogP contribution < -0.4 is 10.7 Å². The molecule has 0 saturated carbocycles. The topological polar surface area (TPSA) is 46.1 Å². The lowest BCUT2D eigenvalue weighted by Gasteiger charge is -2.42. The van der Waals surface area contributed by atoms with Crippen LogP contribution in [0.2, 0.25) is 0 Å². The monoisotopic (exact) mass is 264 g/mol. The smallest absolute Gasteiger partial charge is 0.185 e. The van der Waals surface area contributed by atoms with Gasteiger partial charge in [0.05, 0.1) is 6.67 Å². The van der Waals surface area contributed by atoms with Crippen LogP contribution in [-0.4, -0.2) is 69.0 Å². The van der Waals surface area contributed by atoms with E-state index in [0.717, 1.165) is 19.8 Å². The Morgan fingerprint density at radius 3 is 1.82 bits per heavy atom. The Bertz CT molecular complexity index is 241. The first kappa shape index (κ1) is 17.0. The van der Waals surface area contributed by atoms with Crippen molar-refractivity contribution in [3.05, 3.63) is 0 Å². The Morgan fingerprint density at radius 1 is 0.941 bits per heavy atom. The molecule has 0 aromatic carbocycles. The minimum Gasteiger partial charge on any atom is -0.304 e. The normalized spacial score (nSPS) is 12.8. The van der Waals surface area contributed by atoms with E-state index in [-0.39, 0.29) is 0 Å². The van der Waals surface area contributed by atoms with E-state index < -0.39 is 7.51 Å². The van der Waals surface area contributed by atoms with Gasteiger partial charge in [-0.2, -0.15) is 4.85 Å². The van der Waals surface area contributed by atoms with Crippen LogP contribution in [0.4, 0.5) is 0 Å². The van der Waals surface area contributed by atoms with E-state index >= 15 is 0 Å². The number of nitrogens with one attached hydrogen (secondary N) is 2. The molecule has 0 fully saturated rings. The summed E-state index contributed by atoms with van der Waals surface area (Å²) < 4.78 is 6.68. The van der Waals surface area contributed by atoms with Crippen molar-refractivity contribution in [3.63, 3.8) is 0 Å². The first-order valence-electron chi connectivity index (χ1n) is 6.05. The highest BCUT2D eigenvalue weighted by atomic mass is 31.2. The Labute approximate surface area is 107 Å². The molecule has 104 valence electrons. The average Bonchev–Trinajstić information content (AvgIpc) is 2.26. The van der Waals surface area contributed by atoms with Gasteiger partial charge >= 0.3 is 0 Å². The molecular formula is C10H29N6P. The number of rotatable bonds is 8. The van der Waals surface area contributed by atoms with E-state index in [1.165, 1.54) is 0 Å². The van der Waals surface area contributed by atoms with Crippen molar-refractivity contribution in [3.8, 4) is 0 Å². The van der Waals surface area contributed by atoms with Gasteiger partial charge in [-0.05, 0) is 41.8 Å². The third kappa shape index (κ3) is 4.32. The van der Waals surface area contributed by atoms with Crippen LogP contribution in [0.3, 0.4) is 0 Å². The fraction of sp³-hybridized carbons (Fsp3) is 1.00. The molecule has 0 bridgehead atoms. The third-order valence-corrected chi connectivity index (χ3v) is 6.10. The summed E-state index contributed by atoms with van der Waals surface area (Å²) in [4.78, 5) is 4.72. The van der Waals surface area contributed by atoms with Crippen molar-refractivity contribution in [2.45, 2.75) is 13.8 Å². The molecule has 6 nitrogen and oxygen atoms in total. The molecule has 0 aliphatic carbocycles. The number of hydrogen-bond donors (Lipinski definition) is 2. The highest BCUT2D eigenvalue weighted by Crippen LogP contribution is 2.54. The van der Waals surface area contributed by atoms with Gasteiger partial charge in [-0.15, -0.1) is 0 Å². The molecule has 0 amide bonds. The second-order valence-electron chi connectivity index (χ2n) is 4.26. The maximum atomic E-state index is 4.72. The van der Waals surface area contributed by atoms with Crippen molar-refractivity contribution in [2.75, 3.05) is 55.0 Å². The minimum atomic E-state index is -1.83. The van der Waals surface area contributed by atoms with Crippen molar-refractivity contribution < 1.29 is 0 Å². The zero-order valence-corrected chi connectivity index (χ0v) is 13.3. The quantitative estimate of drug-likeness (QED) is 0.390. The van der Waals surface area contributed by atoms with Crippen molar-refractivity contribution in [2.24, 2.45) is 4.85 Å². The Morgan fingerprint density at radius 2 is 1.47 bits per heavy atom. The van der Waals surface area contributed by atoms with Gasteiger partial charge in [-0.3, -0.25) is 9.34 Å². The van der Waals surface area contributed by atoms with E-state index in [1.807, 2.05) is 0 Å². The number of hydrogen-bond acceptors (Lipinski definition) is 2. The van der Waals surface area contributed by atoms with Crippen LogP contribution in [0.15, 0.2) is 4.85 Å². The fourth-order valence-electron chi connectivity index (χ4n) is 1.76. The van der Waals surface area contributed by atoms with Crippen molar-refractivity contribution >= 4 is 7.51 Å². The molecule has 0 unspecified atom stereocenters. The molecule has 0 heterocycles. The Hall–Kier alpha value is 0.0300. The second-order valence-corrected chi connectivity index (χ2v) is 7.82.